The standard InChI is InChI=1S/C28H48N2O2/c1-18(16-19-10-15-32-26(19)31)23-6-7-24-22-5-4-20-17-21(30-14-13-29)8-11-27(20,2)25(22)9-12-28(23,24)3/h18-25,30H,4-17,29H2,1-3H3/t18-,19?,20+,21-,22?,23?,24?,25?,27-,28+/m0/s1. The Morgan fingerprint density at radius 3 is 2.56 bits per heavy atom. The topological polar surface area (TPSA) is 64.3 Å². The van der Waals surface area contributed by atoms with Gasteiger partial charge in [-0.3, -0.25) is 4.79 Å². The molecule has 4 aliphatic carbocycles. The van der Waals surface area contributed by atoms with E-state index in [0.29, 0.717) is 29.4 Å². The first-order valence-corrected chi connectivity index (χ1v) is 14.0. The van der Waals surface area contributed by atoms with Crippen LogP contribution in [0.15, 0.2) is 0 Å². The van der Waals surface area contributed by atoms with E-state index in [9.17, 15) is 4.79 Å². The molecule has 182 valence electrons. The summed E-state index contributed by atoms with van der Waals surface area (Å²) in [6.45, 7) is 10.1. The normalized spacial score (nSPS) is 49.1. The number of hydrogen-bond donors (Lipinski definition) is 2. The van der Waals surface area contributed by atoms with Gasteiger partial charge in [0.15, 0.2) is 0 Å². The summed E-state index contributed by atoms with van der Waals surface area (Å²) in [6, 6.07) is 0.695. The Morgan fingerprint density at radius 1 is 1.03 bits per heavy atom. The van der Waals surface area contributed by atoms with E-state index < -0.39 is 0 Å². The predicted molar refractivity (Wildman–Crippen MR) is 129 cm³/mol. The molecular weight excluding hydrogens is 396 g/mol. The molecule has 0 bridgehead atoms. The van der Waals surface area contributed by atoms with E-state index in [4.69, 9.17) is 10.5 Å². The lowest BCUT2D eigenvalue weighted by molar-refractivity contribution is -0.142. The lowest BCUT2D eigenvalue weighted by Crippen LogP contribution is -2.55. The quantitative estimate of drug-likeness (QED) is 0.556. The van der Waals surface area contributed by atoms with Gasteiger partial charge in [0, 0.05) is 19.1 Å². The fourth-order valence-corrected chi connectivity index (χ4v) is 10.1. The number of nitrogens with one attached hydrogen (secondary N) is 1. The second-order valence-corrected chi connectivity index (χ2v) is 13.0. The van der Waals surface area contributed by atoms with Crippen molar-refractivity contribution in [2.45, 2.75) is 97.4 Å². The largest absolute Gasteiger partial charge is 0.465 e. The molecule has 1 heterocycles. The molecule has 32 heavy (non-hydrogen) atoms. The number of esters is 1. The Morgan fingerprint density at radius 2 is 1.81 bits per heavy atom. The van der Waals surface area contributed by atoms with Crippen molar-refractivity contribution >= 4 is 5.97 Å². The minimum absolute atomic E-state index is 0.0723. The Bertz CT molecular complexity index is 697. The number of nitrogens with two attached hydrogens (primary N) is 1. The van der Waals surface area contributed by atoms with E-state index >= 15 is 0 Å². The fourth-order valence-electron chi connectivity index (χ4n) is 10.1. The molecule has 4 heteroatoms. The van der Waals surface area contributed by atoms with Gasteiger partial charge in [0.1, 0.15) is 0 Å². The summed E-state index contributed by atoms with van der Waals surface area (Å²) in [4.78, 5) is 12.1. The molecule has 1 saturated heterocycles. The number of fused-ring (bicyclic) bond motifs is 5. The van der Waals surface area contributed by atoms with Gasteiger partial charge in [-0.2, -0.15) is 0 Å². The van der Waals surface area contributed by atoms with Crippen LogP contribution < -0.4 is 11.1 Å². The minimum atomic E-state index is 0.0723. The molecule has 0 aromatic carbocycles. The van der Waals surface area contributed by atoms with Gasteiger partial charge in [0.2, 0.25) is 0 Å². The Hall–Kier alpha value is -0.610. The summed E-state index contributed by atoms with van der Waals surface area (Å²) in [5.41, 5.74) is 6.80. The van der Waals surface area contributed by atoms with Crippen molar-refractivity contribution in [2.75, 3.05) is 19.7 Å². The molecule has 0 spiro atoms. The summed E-state index contributed by atoms with van der Waals surface area (Å²) in [5.74, 6) is 5.38. The molecule has 0 radical (unpaired) electrons. The Balaban J connectivity index is 1.27. The molecule has 4 saturated carbocycles. The maximum atomic E-state index is 12.1. The van der Waals surface area contributed by atoms with Crippen LogP contribution in [-0.4, -0.2) is 31.7 Å². The van der Waals surface area contributed by atoms with Crippen LogP contribution in [0.25, 0.3) is 0 Å². The summed E-state index contributed by atoms with van der Waals surface area (Å²) < 4.78 is 5.27. The van der Waals surface area contributed by atoms with Crippen molar-refractivity contribution in [3.05, 3.63) is 0 Å². The third-order valence-corrected chi connectivity index (χ3v) is 11.7. The molecular formula is C28H48N2O2. The molecule has 0 aromatic rings. The summed E-state index contributed by atoms with van der Waals surface area (Å²) in [7, 11) is 0. The lowest BCUT2D eigenvalue weighted by Gasteiger charge is -2.61. The van der Waals surface area contributed by atoms with Gasteiger partial charge in [-0.05, 0) is 117 Å². The summed E-state index contributed by atoms with van der Waals surface area (Å²) >= 11 is 0. The van der Waals surface area contributed by atoms with Crippen molar-refractivity contribution < 1.29 is 9.53 Å². The number of ether oxygens (including phenoxy) is 1. The SMILES string of the molecule is C[C@@H](CC1CCOC1=O)C1CCC2C3CC[C@@H]4C[C@@H](NCCN)CC[C@]4(C)C3CC[C@@]21C. The number of hydrogen-bond acceptors (Lipinski definition) is 4. The van der Waals surface area contributed by atoms with Crippen molar-refractivity contribution in [3.63, 3.8) is 0 Å². The molecule has 5 rings (SSSR count). The third kappa shape index (κ3) is 3.76. The van der Waals surface area contributed by atoms with E-state index in [1.54, 1.807) is 0 Å². The van der Waals surface area contributed by atoms with Crippen molar-refractivity contribution in [2.24, 2.45) is 58.0 Å². The molecule has 10 atom stereocenters. The first-order chi connectivity index (χ1) is 15.4. The molecule has 3 N–H and O–H groups in total. The molecule has 0 aromatic heterocycles. The molecule has 5 unspecified atom stereocenters. The monoisotopic (exact) mass is 444 g/mol. The van der Waals surface area contributed by atoms with E-state index in [0.717, 1.165) is 55.5 Å². The Labute approximate surface area is 196 Å². The summed E-state index contributed by atoms with van der Waals surface area (Å²) in [5, 5.41) is 3.73. The van der Waals surface area contributed by atoms with Crippen LogP contribution in [-0.2, 0) is 9.53 Å². The van der Waals surface area contributed by atoms with Crippen LogP contribution in [0.1, 0.15) is 91.4 Å². The average Bonchev–Trinajstić information content (AvgIpc) is 3.34. The van der Waals surface area contributed by atoms with E-state index in [2.05, 4.69) is 26.1 Å². The molecule has 5 aliphatic rings. The lowest BCUT2D eigenvalue weighted by atomic mass is 9.44. The number of cyclic esters (lactones) is 1. The first-order valence-electron chi connectivity index (χ1n) is 14.0. The van der Waals surface area contributed by atoms with Gasteiger partial charge in [-0.25, -0.2) is 0 Å². The molecule has 4 nitrogen and oxygen atoms in total. The van der Waals surface area contributed by atoms with Gasteiger partial charge in [0.25, 0.3) is 0 Å². The highest BCUT2D eigenvalue weighted by Gasteiger charge is 2.60. The van der Waals surface area contributed by atoms with Crippen LogP contribution in [0.2, 0.25) is 0 Å². The van der Waals surface area contributed by atoms with Crippen molar-refractivity contribution in [3.8, 4) is 0 Å². The molecule has 5 fully saturated rings. The third-order valence-electron chi connectivity index (χ3n) is 11.7. The predicted octanol–water partition coefficient (Wildman–Crippen LogP) is 5.15. The first kappa shape index (κ1) is 23.1. The van der Waals surface area contributed by atoms with Gasteiger partial charge >= 0.3 is 5.97 Å². The van der Waals surface area contributed by atoms with Crippen LogP contribution in [0.4, 0.5) is 0 Å². The van der Waals surface area contributed by atoms with Gasteiger partial charge in [-0.15, -0.1) is 0 Å². The maximum absolute atomic E-state index is 12.1. The second kappa shape index (κ2) is 8.87. The van der Waals surface area contributed by atoms with Crippen LogP contribution >= 0.6 is 0 Å². The van der Waals surface area contributed by atoms with Crippen molar-refractivity contribution in [1.29, 1.82) is 0 Å². The number of rotatable bonds is 6. The molecule has 0 amide bonds. The van der Waals surface area contributed by atoms with Gasteiger partial charge in [-0.1, -0.05) is 20.8 Å². The summed E-state index contributed by atoms with van der Waals surface area (Å²) in [6.07, 6.45) is 14.7. The Kier molecular flexibility index (Phi) is 6.42. The van der Waals surface area contributed by atoms with Crippen molar-refractivity contribution in [1.82, 2.24) is 5.32 Å². The highest BCUT2D eigenvalue weighted by Crippen LogP contribution is 2.68. The maximum Gasteiger partial charge on any atom is 0.309 e. The average molecular weight is 445 g/mol. The van der Waals surface area contributed by atoms with E-state index in [1.807, 2.05) is 0 Å². The van der Waals surface area contributed by atoms with E-state index in [-0.39, 0.29) is 11.9 Å². The number of carbonyl (C=O) groups is 1. The zero-order valence-corrected chi connectivity index (χ0v) is 20.9. The zero-order valence-electron chi connectivity index (χ0n) is 20.9. The molecule has 1 aliphatic heterocycles. The highest BCUT2D eigenvalue weighted by molar-refractivity contribution is 5.74. The van der Waals surface area contributed by atoms with Crippen LogP contribution in [0.5, 0.6) is 0 Å². The van der Waals surface area contributed by atoms with Crippen LogP contribution in [0, 0.1) is 52.3 Å². The van der Waals surface area contributed by atoms with Gasteiger partial charge in [0.05, 0.1) is 12.5 Å². The highest BCUT2D eigenvalue weighted by atomic mass is 16.5. The second-order valence-electron chi connectivity index (χ2n) is 13.0. The van der Waals surface area contributed by atoms with Crippen LogP contribution in [0.3, 0.4) is 0 Å². The number of carbonyl (C=O) groups excluding carboxylic acids is 1. The fraction of sp³-hybridized carbons (Fsp3) is 0.964. The van der Waals surface area contributed by atoms with Gasteiger partial charge < -0.3 is 15.8 Å². The zero-order chi connectivity index (χ0) is 22.5. The minimum Gasteiger partial charge on any atom is -0.465 e. The van der Waals surface area contributed by atoms with E-state index in [1.165, 1.54) is 57.8 Å². The smallest absolute Gasteiger partial charge is 0.309 e.